The van der Waals surface area contributed by atoms with Gasteiger partial charge in [-0.1, -0.05) is 95.8 Å². The minimum atomic E-state index is -0.369. The van der Waals surface area contributed by atoms with Gasteiger partial charge in [0.25, 0.3) is 0 Å². The number of hydrogen-bond acceptors (Lipinski definition) is 4. The summed E-state index contributed by atoms with van der Waals surface area (Å²) >= 11 is 1.45. The Morgan fingerprint density at radius 2 is 1.57 bits per heavy atom. The van der Waals surface area contributed by atoms with Crippen LogP contribution in [-0.2, 0) is 10.2 Å². The number of para-hydroxylation sites is 1. The lowest BCUT2D eigenvalue weighted by molar-refractivity contribution is -0.123. The third-order valence-corrected chi connectivity index (χ3v) is 6.10. The van der Waals surface area contributed by atoms with Gasteiger partial charge in [0.1, 0.15) is 5.78 Å². The summed E-state index contributed by atoms with van der Waals surface area (Å²) in [5.41, 5.74) is 4.17. The molecule has 1 aromatic heterocycles. The Kier molecular flexibility index (Phi) is 6.23. The van der Waals surface area contributed by atoms with Gasteiger partial charge in [-0.3, -0.25) is 9.36 Å². The summed E-state index contributed by atoms with van der Waals surface area (Å²) in [4.78, 5) is 12.5. The summed E-state index contributed by atoms with van der Waals surface area (Å²) in [6.07, 6.45) is 0. The molecule has 3 rings (SSSR count). The zero-order valence-electron chi connectivity index (χ0n) is 19.0. The predicted molar refractivity (Wildman–Crippen MR) is 125 cm³/mol. The zero-order chi connectivity index (χ0) is 22.1. The van der Waals surface area contributed by atoms with Crippen LogP contribution in [0.2, 0.25) is 0 Å². The average molecular weight is 422 g/mol. The van der Waals surface area contributed by atoms with Crippen molar-refractivity contribution in [2.24, 2.45) is 5.41 Å². The number of aromatic nitrogens is 3. The maximum Gasteiger partial charge on any atom is 0.196 e. The van der Waals surface area contributed by atoms with Crippen LogP contribution in [0, 0.1) is 12.3 Å². The Bertz CT molecular complexity index is 1040. The molecule has 0 aliphatic rings. The summed E-state index contributed by atoms with van der Waals surface area (Å²) in [6.45, 7) is 14.5. The SMILES string of the molecule is Cc1ccccc1-n1c(SCC(=O)C(C)(C)C)nnc1-c1ccc(C(C)(C)C)cc1. The Labute approximate surface area is 184 Å². The standard InChI is InChI=1S/C25H31N3OS/c1-17-10-8-9-11-20(17)28-22(18-12-14-19(15-13-18)24(2,3)4)26-27-23(28)30-16-21(29)25(5,6)7/h8-15H,16H2,1-7H3. The Balaban J connectivity index is 2.05. The van der Waals surface area contributed by atoms with Gasteiger partial charge in [0, 0.05) is 11.0 Å². The first kappa shape index (κ1) is 22.3. The number of aryl methyl sites for hydroxylation is 1. The number of benzene rings is 2. The largest absolute Gasteiger partial charge is 0.298 e. The number of rotatable bonds is 5. The van der Waals surface area contributed by atoms with Crippen LogP contribution in [0.4, 0.5) is 0 Å². The third kappa shape index (κ3) is 4.84. The quantitative estimate of drug-likeness (QED) is 0.457. The predicted octanol–water partition coefficient (Wildman–Crippen LogP) is 6.25. The second-order valence-corrected chi connectivity index (χ2v) is 10.7. The minimum Gasteiger partial charge on any atom is -0.298 e. The van der Waals surface area contributed by atoms with Crippen LogP contribution in [0.1, 0.15) is 52.7 Å². The molecule has 0 saturated heterocycles. The highest BCUT2D eigenvalue weighted by Crippen LogP contribution is 2.32. The van der Waals surface area contributed by atoms with Crippen molar-refractivity contribution in [2.45, 2.75) is 59.0 Å². The molecule has 0 bridgehead atoms. The van der Waals surface area contributed by atoms with Gasteiger partial charge < -0.3 is 0 Å². The molecule has 0 spiro atoms. The molecule has 0 radical (unpaired) electrons. The van der Waals surface area contributed by atoms with E-state index in [0.717, 1.165) is 27.8 Å². The average Bonchev–Trinajstić information content (AvgIpc) is 3.08. The normalized spacial score (nSPS) is 12.2. The molecule has 0 fully saturated rings. The summed E-state index contributed by atoms with van der Waals surface area (Å²) in [7, 11) is 0. The van der Waals surface area contributed by atoms with E-state index in [4.69, 9.17) is 0 Å². The maximum atomic E-state index is 12.5. The van der Waals surface area contributed by atoms with Gasteiger partial charge in [0.05, 0.1) is 11.4 Å². The molecule has 0 saturated carbocycles. The zero-order valence-corrected chi connectivity index (χ0v) is 19.8. The topological polar surface area (TPSA) is 47.8 Å². The fourth-order valence-electron chi connectivity index (χ4n) is 3.05. The summed E-state index contributed by atoms with van der Waals surface area (Å²) in [6, 6.07) is 16.7. The van der Waals surface area contributed by atoms with E-state index < -0.39 is 0 Å². The molecule has 158 valence electrons. The van der Waals surface area contributed by atoms with Crippen LogP contribution in [0.15, 0.2) is 53.7 Å². The molecule has 0 aliphatic heterocycles. The number of Topliss-reactive ketones (excluding diaryl/α,β-unsaturated/α-hetero) is 1. The lowest BCUT2D eigenvalue weighted by Crippen LogP contribution is -2.22. The van der Waals surface area contributed by atoms with E-state index in [-0.39, 0.29) is 16.6 Å². The van der Waals surface area contributed by atoms with E-state index >= 15 is 0 Å². The third-order valence-electron chi connectivity index (χ3n) is 5.17. The molecule has 0 unspecified atom stereocenters. The Morgan fingerprint density at radius 1 is 0.933 bits per heavy atom. The van der Waals surface area contributed by atoms with Gasteiger partial charge in [-0.25, -0.2) is 0 Å². The van der Waals surface area contributed by atoms with Gasteiger partial charge in [0.15, 0.2) is 11.0 Å². The van der Waals surface area contributed by atoms with Crippen molar-refractivity contribution in [2.75, 3.05) is 5.75 Å². The number of carbonyl (C=O) groups is 1. The van der Waals surface area contributed by atoms with Gasteiger partial charge >= 0.3 is 0 Å². The van der Waals surface area contributed by atoms with Crippen molar-refractivity contribution in [3.8, 4) is 17.1 Å². The first-order valence-corrected chi connectivity index (χ1v) is 11.3. The monoisotopic (exact) mass is 421 g/mol. The molecule has 0 N–H and O–H groups in total. The lowest BCUT2D eigenvalue weighted by Gasteiger charge is -2.19. The lowest BCUT2D eigenvalue weighted by atomic mass is 9.87. The van der Waals surface area contributed by atoms with E-state index in [1.54, 1.807) is 0 Å². The van der Waals surface area contributed by atoms with E-state index in [1.165, 1.54) is 17.3 Å². The summed E-state index contributed by atoms with van der Waals surface area (Å²) < 4.78 is 2.07. The summed E-state index contributed by atoms with van der Waals surface area (Å²) in [5, 5.41) is 9.71. The second kappa shape index (κ2) is 8.38. The molecule has 3 aromatic rings. The summed E-state index contributed by atoms with van der Waals surface area (Å²) in [5.74, 6) is 1.36. The van der Waals surface area contributed by atoms with Crippen molar-refractivity contribution in [3.05, 3.63) is 59.7 Å². The van der Waals surface area contributed by atoms with Crippen LogP contribution in [-0.4, -0.2) is 26.3 Å². The highest BCUT2D eigenvalue weighted by atomic mass is 32.2. The first-order valence-electron chi connectivity index (χ1n) is 10.3. The molecule has 0 atom stereocenters. The Morgan fingerprint density at radius 3 is 2.13 bits per heavy atom. The maximum absolute atomic E-state index is 12.5. The van der Waals surface area contributed by atoms with E-state index in [1.807, 2.05) is 32.9 Å². The van der Waals surface area contributed by atoms with Gasteiger partial charge in [-0.15, -0.1) is 10.2 Å². The van der Waals surface area contributed by atoms with Crippen LogP contribution >= 0.6 is 11.8 Å². The number of ketones is 1. The molecular weight excluding hydrogens is 390 g/mol. The molecule has 0 amide bonds. The molecule has 2 aromatic carbocycles. The van der Waals surface area contributed by atoms with Crippen molar-refractivity contribution in [1.82, 2.24) is 14.8 Å². The molecule has 30 heavy (non-hydrogen) atoms. The molecular formula is C25H31N3OS. The van der Waals surface area contributed by atoms with Crippen LogP contribution in [0.25, 0.3) is 17.1 Å². The first-order chi connectivity index (χ1) is 14.0. The highest BCUT2D eigenvalue weighted by molar-refractivity contribution is 7.99. The fraction of sp³-hybridized carbons (Fsp3) is 0.400. The van der Waals surface area contributed by atoms with E-state index in [0.29, 0.717) is 5.75 Å². The number of thioether (sulfide) groups is 1. The van der Waals surface area contributed by atoms with Gasteiger partial charge in [-0.2, -0.15) is 0 Å². The minimum absolute atomic E-state index is 0.0938. The van der Waals surface area contributed by atoms with E-state index in [2.05, 4.69) is 78.9 Å². The second-order valence-electron chi connectivity index (χ2n) is 9.72. The molecule has 4 nitrogen and oxygen atoms in total. The smallest absolute Gasteiger partial charge is 0.196 e. The van der Waals surface area contributed by atoms with Crippen LogP contribution in [0.3, 0.4) is 0 Å². The van der Waals surface area contributed by atoms with E-state index in [9.17, 15) is 4.79 Å². The van der Waals surface area contributed by atoms with Crippen LogP contribution < -0.4 is 0 Å². The molecule has 1 heterocycles. The van der Waals surface area contributed by atoms with Crippen molar-refractivity contribution < 1.29 is 4.79 Å². The number of carbonyl (C=O) groups excluding carboxylic acids is 1. The molecule has 0 aliphatic carbocycles. The molecule has 5 heteroatoms. The Hall–Kier alpha value is -2.40. The van der Waals surface area contributed by atoms with Crippen LogP contribution in [0.5, 0.6) is 0 Å². The highest BCUT2D eigenvalue weighted by Gasteiger charge is 2.24. The van der Waals surface area contributed by atoms with Crippen molar-refractivity contribution in [3.63, 3.8) is 0 Å². The number of hydrogen-bond donors (Lipinski definition) is 0. The fourth-order valence-corrected chi connectivity index (χ4v) is 4.15. The number of nitrogens with zero attached hydrogens (tertiary/aromatic N) is 3. The van der Waals surface area contributed by atoms with Gasteiger partial charge in [0.2, 0.25) is 0 Å². The van der Waals surface area contributed by atoms with Crippen molar-refractivity contribution in [1.29, 1.82) is 0 Å². The van der Waals surface area contributed by atoms with Crippen molar-refractivity contribution >= 4 is 17.5 Å². The van der Waals surface area contributed by atoms with Gasteiger partial charge in [-0.05, 0) is 29.5 Å².